The Kier molecular flexibility index (Phi) is 7.23. The number of fused-ring (bicyclic) bond motifs is 1. The van der Waals surface area contributed by atoms with Crippen molar-refractivity contribution < 1.29 is 4.74 Å². The molecule has 2 aromatic heterocycles. The maximum atomic E-state index is 5.52. The van der Waals surface area contributed by atoms with Crippen LogP contribution in [0.3, 0.4) is 0 Å². The minimum atomic E-state index is 0.497. The number of piperidine rings is 1. The molecule has 7 heteroatoms. The molecule has 2 fully saturated rings. The maximum absolute atomic E-state index is 5.52. The minimum Gasteiger partial charge on any atom is -0.381 e. The normalized spacial score (nSPS) is 21.4. The van der Waals surface area contributed by atoms with Gasteiger partial charge in [0, 0.05) is 64.2 Å². The lowest BCUT2D eigenvalue weighted by Gasteiger charge is -2.34. The van der Waals surface area contributed by atoms with Gasteiger partial charge in [0.2, 0.25) is 0 Å². The quantitative estimate of drug-likeness (QED) is 0.539. The van der Waals surface area contributed by atoms with Crippen LogP contribution in [0, 0.1) is 12.8 Å². The van der Waals surface area contributed by atoms with Crippen molar-refractivity contribution >= 4 is 11.6 Å². The fraction of sp³-hybridized carbons (Fsp3) is 0.652. The number of hydrogen-bond acceptors (Lipinski definition) is 4. The van der Waals surface area contributed by atoms with Crippen molar-refractivity contribution in [1.82, 2.24) is 24.9 Å². The van der Waals surface area contributed by atoms with E-state index < -0.39 is 0 Å². The van der Waals surface area contributed by atoms with Crippen LogP contribution in [0.4, 0.5) is 0 Å². The van der Waals surface area contributed by atoms with E-state index in [2.05, 4.69) is 58.3 Å². The third-order valence-electron chi connectivity index (χ3n) is 6.18. The molecule has 2 aromatic rings. The van der Waals surface area contributed by atoms with Crippen molar-refractivity contribution in [3.05, 3.63) is 35.8 Å². The standard InChI is InChI=1S/C23H36N6O/c1-3-24-23(25-10-6-21-16-29-11-4-5-18(2)22(29)26-21)27-20-7-12-28(13-8-20)15-19-9-14-30-17-19/h4-5,11,16,19-20H,3,6-10,12-15,17H2,1-2H3,(H2,24,25,27). The lowest BCUT2D eigenvalue weighted by molar-refractivity contribution is 0.150. The molecule has 0 aliphatic carbocycles. The number of ether oxygens (including phenoxy) is 1. The zero-order valence-electron chi connectivity index (χ0n) is 18.4. The SMILES string of the molecule is CCNC(=NCCc1cn2cccc(C)c2n1)NC1CCN(CC2CCOC2)CC1. The Labute approximate surface area is 179 Å². The molecule has 0 saturated carbocycles. The smallest absolute Gasteiger partial charge is 0.191 e. The zero-order chi connectivity index (χ0) is 20.8. The average Bonchev–Trinajstić information content (AvgIpc) is 3.40. The highest BCUT2D eigenvalue weighted by Crippen LogP contribution is 2.17. The molecule has 4 rings (SSSR count). The summed E-state index contributed by atoms with van der Waals surface area (Å²) in [4.78, 5) is 12.2. The molecule has 2 saturated heterocycles. The van der Waals surface area contributed by atoms with Gasteiger partial charge in [-0.3, -0.25) is 4.99 Å². The lowest BCUT2D eigenvalue weighted by Crippen LogP contribution is -2.49. The minimum absolute atomic E-state index is 0.497. The molecule has 0 bridgehead atoms. The Morgan fingerprint density at radius 3 is 2.90 bits per heavy atom. The van der Waals surface area contributed by atoms with Crippen molar-refractivity contribution in [1.29, 1.82) is 0 Å². The summed E-state index contributed by atoms with van der Waals surface area (Å²) in [5, 5.41) is 7.06. The van der Waals surface area contributed by atoms with Gasteiger partial charge >= 0.3 is 0 Å². The number of nitrogens with one attached hydrogen (secondary N) is 2. The summed E-state index contributed by atoms with van der Waals surface area (Å²) in [6.45, 7) is 11.2. The molecule has 2 aliphatic heterocycles. The van der Waals surface area contributed by atoms with E-state index in [4.69, 9.17) is 14.7 Å². The molecule has 0 radical (unpaired) electrons. The average molecular weight is 413 g/mol. The van der Waals surface area contributed by atoms with E-state index in [0.717, 1.165) is 69.0 Å². The summed E-state index contributed by atoms with van der Waals surface area (Å²) in [5.41, 5.74) is 3.33. The first-order chi connectivity index (χ1) is 14.7. The van der Waals surface area contributed by atoms with Gasteiger partial charge in [-0.25, -0.2) is 4.98 Å². The third-order valence-corrected chi connectivity index (χ3v) is 6.18. The molecule has 2 N–H and O–H groups in total. The summed E-state index contributed by atoms with van der Waals surface area (Å²) in [6, 6.07) is 4.66. The zero-order valence-corrected chi connectivity index (χ0v) is 18.4. The summed E-state index contributed by atoms with van der Waals surface area (Å²) in [6.07, 6.45) is 8.58. The van der Waals surface area contributed by atoms with Crippen LogP contribution in [-0.2, 0) is 11.2 Å². The summed E-state index contributed by atoms with van der Waals surface area (Å²) in [7, 11) is 0. The highest BCUT2D eigenvalue weighted by atomic mass is 16.5. The maximum Gasteiger partial charge on any atom is 0.191 e. The highest BCUT2D eigenvalue weighted by Gasteiger charge is 2.24. The lowest BCUT2D eigenvalue weighted by atomic mass is 10.0. The number of aliphatic imine (C=N–C) groups is 1. The predicted molar refractivity (Wildman–Crippen MR) is 121 cm³/mol. The first-order valence-corrected chi connectivity index (χ1v) is 11.5. The highest BCUT2D eigenvalue weighted by molar-refractivity contribution is 5.80. The Bertz CT molecular complexity index is 833. The fourth-order valence-electron chi connectivity index (χ4n) is 4.47. The van der Waals surface area contributed by atoms with Gasteiger partial charge < -0.3 is 24.7 Å². The van der Waals surface area contributed by atoms with Crippen LogP contribution in [0.25, 0.3) is 5.65 Å². The topological polar surface area (TPSA) is 66.2 Å². The second-order valence-corrected chi connectivity index (χ2v) is 8.61. The van der Waals surface area contributed by atoms with Crippen LogP contribution in [0.2, 0.25) is 0 Å². The van der Waals surface area contributed by atoms with Gasteiger partial charge in [-0.2, -0.15) is 0 Å². The van der Waals surface area contributed by atoms with E-state index in [1.54, 1.807) is 0 Å². The molecule has 4 heterocycles. The van der Waals surface area contributed by atoms with Gasteiger partial charge in [-0.1, -0.05) is 6.07 Å². The molecule has 164 valence electrons. The van der Waals surface area contributed by atoms with E-state index in [9.17, 15) is 0 Å². The molecule has 1 atom stereocenters. The van der Waals surface area contributed by atoms with Crippen LogP contribution in [-0.4, -0.2) is 72.2 Å². The Morgan fingerprint density at radius 2 is 2.17 bits per heavy atom. The number of rotatable bonds is 7. The van der Waals surface area contributed by atoms with Crippen LogP contribution in [0.5, 0.6) is 0 Å². The fourth-order valence-corrected chi connectivity index (χ4v) is 4.47. The number of likely N-dealkylation sites (tertiary alicyclic amines) is 1. The number of nitrogens with zero attached hydrogens (tertiary/aromatic N) is 4. The molecular weight excluding hydrogens is 376 g/mol. The number of aryl methyl sites for hydroxylation is 1. The number of pyridine rings is 1. The summed E-state index contributed by atoms with van der Waals surface area (Å²) < 4.78 is 7.62. The molecule has 7 nitrogen and oxygen atoms in total. The largest absolute Gasteiger partial charge is 0.381 e. The summed E-state index contributed by atoms with van der Waals surface area (Å²) in [5.74, 6) is 1.66. The summed E-state index contributed by atoms with van der Waals surface area (Å²) >= 11 is 0. The first-order valence-electron chi connectivity index (χ1n) is 11.5. The Morgan fingerprint density at radius 1 is 1.30 bits per heavy atom. The Hall–Kier alpha value is -2.12. The Balaban J connectivity index is 1.25. The second kappa shape index (κ2) is 10.3. The molecule has 0 amide bonds. The third kappa shape index (κ3) is 5.52. The molecule has 0 spiro atoms. The van der Waals surface area contributed by atoms with Crippen LogP contribution in [0.1, 0.15) is 37.4 Å². The second-order valence-electron chi connectivity index (χ2n) is 8.61. The van der Waals surface area contributed by atoms with Gasteiger partial charge in [-0.15, -0.1) is 0 Å². The molecule has 30 heavy (non-hydrogen) atoms. The van der Waals surface area contributed by atoms with Crippen molar-refractivity contribution in [2.24, 2.45) is 10.9 Å². The van der Waals surface area contributed by atoms with Gasteiger partial charge in [0.25, 0.3) is 0 Å². The first kappa shape index (κ1) is 21.1. The number of hydrogen-bond donors (Lipinski definition) is 2. The molecular formula is C23H36N6O. The molecule has 1 unspecified atom stereocenters. The van der Waals surface area contributed by atoms with Gasteiger partial charge in [-0.05, 0) is 50.7 Å². The number of imidazole rings is 1. The van der Waals surface area contributed by atoms with Crippen molar-refractivity contribution in [3.63, 3.8) is 0 Å². The molecule has 2 aliphatic rings. The van der Waals surface area contributed by atoms with Crippen molar-refractivity contribution in [2.45, 2.75) is 45.6 Å². The van der Waals surface area contributed by atoms with E-state index in [-0.39, 0.29) is 0 Å². The van der Waals surface area contributed by atoms with Crippen molar-refractivity contribution in [3.8, 4) is 0 Å². The number of guanidine groups is 1. The van der Waals surface area contributed by atoms with Gasteiger partial charge in [0.1, 0.15) is 5.65 Å². The van der Waals surface area contributed by atoms with Gasteiger partial charge in [0.15, 0.2) is 5.96 Å². The van der Waals surface area contributed by atoms with E-state index in [1.807, 2.05) is 0 Å². The van der Waals surface area contributed by atoms with Gasteiger partial charge in [0.05, 0.1) is 12.3 Å². The van der Waals surface area contributed by atoms with Crippen molar-refractivity contribution in [2.75, 3.05) is 45.9 Å². The van der Waals surface area contributed by atoms with Crippen LogP contribution in [0.15, 0.2) is 29.5 Å². The van der Waals surface area contributed by atoms with E-state index in [1.165, 1.54) is 31.4 Å². The van der Waals surface area contributed by atoms with Crippen LogP contribution < -0.4 is 10.6 Å². The van der Waals surface area contributed by atoms with Crippen LogP contribution >= 0.6 is 0 Å². The van der Waals surface area contributed by atoms with E-state index in [0.29, 0.717) is 6.04 Å². The van der Waals surface area contributed by atoms with E-state index >= 15 is 0 Å². The predicted octanol–water partition coefficient (Wildman–Crippen LogP) is 2.24. The number of aromatic nitrogens is 2. The molecule has 0 aromatic carbocycles. The monoisotopic (exact) mass is 412 g/mol.